The molecule has 114 valence electrons. The number of aliphatic carboxylic acids is 1. The Bertz CT molecular complexity index is 703. The number of benzene rings is 1. The van der Waals surface area contributed by atoms with Crippen LogP contribution in [0.3, 0.4) is 0 Å². The van der Waals surface area contributed by atoms with Crippen LogP contribution in [0.2, 0.25) is 5.02 Å². The maximum absolute atomic E-state index is 12.8. The molecule has 1 saturated heterocycles. The molecule has 0 saturated carbocycles. The van der Waals surface area contributed by atoms with Crippen molar-refractivity contribution in [3.8, 4) is 0 Å². The monoisotopic (exact) mass is 336 g/mol. The van der Waals surface area contributed by atoms with Crippen LogP contribution in [0, 0.1) is 0 Å². The number of amides is 1. The van der Waals surface area contributed by atoms with Crippen molar-refractivity contribution >= 4 is 35.2 Å². The molecule has 0 spiro atoms. The van der Waals surface area contributed by atoms with E-state index in [0.717, 1.165) is 5.56 Å². The third-order valence-corrected chi connectivity index (χ3v) is 5.09. The molecule has 0 N–H and O–H groups in total. The number of rotatable bonds is 3. The summed E-state index contributed by atoms with van der Waals surface area (Å²) in [7, 11) is 0. The smallest absolute Gasteiger partial charge is 0.257 e. The number of halogens is 1. The topological polar surface area (TPSA) is 73.6 Å². The van der Waals surface area contributed by atoms with Crippen LogP contribution < -0.4 is 5.11 Å². The zero-order chi connectivity index (χ0) is 15.7. The predicted octanol–water partition coefficient (Wildman–Crippen LogP) is 1.94. The fourth-order valence-corrected chi connectivity index (χ4v) is 3.99. The molecule has 1 fully saturated rings. The molecule has 5 nitrogen and oxygen atoms in total. The molecule has 0 unspecified atom stereocenters. The van der Waals surface area contributed by atoms with E-state index in [2.05, 4.69) is 0 Å². The third kappa shape index (κ3) is 2.60. The molecule has 0 aliphatic carbocycles. The van der Waals surface area contributed by atoms with Gasteiger partial charge in [-0.15, -0.1) is 11.8 Å². The highest BCUT2D eigenvalue weighted by atomic mass is 35.5. The maximum atomic E-state index is 12.8. The van der Waals surface area contributed by atoms with Gasteiger partial charge in [0.05, 0.1) is 35.1 Å². The summed E-state index contributed by atoms with van der Waals surface area (Å²) in [5.41, 5.74) is 1.00. The zero-order valence-corrected chi connectivity index (χ0v) is 12.8. The lowest BCUT2D eigenvalue weighted by Crippen LogP contribution is -2.49. The van der Waals surface area contributed by atoms with Crippen LogP contribution in [0.25, 0.3) is 0 Å². The maximum Gasteiger partial charge on any atom is 0.257 e. The largest absolute Gasteiger partial charge is 0.548 e. The highest BCUT2D eigenvalue weighted by Crippen LogP contribution is 2.42. The molecular formula is C15H11ClNO4S-. The standard InChI is InChI=1S/C15H12ClNO4S/c16-11-4-2-1-3-10(11)13(18)17-12(15(19)20)8-22-14(17)9-5-6-21-7-9/h1-7,12,14H,8H2,(H,19,20)/p-1/t12-,14+/m0/s1. The van der Waals surface area contributed by atoms with Gasteiger partial charge in [-0.3, -0.25) is 4.79 Å². The number of hydrogen-bond acceptors (Lipinski definition) is 5. The molecule has 1 aromatic carbocycles. The number of carboxylic acid groups (broad SMARTS) is 1. The number of carbonyl (C=O) groups is 2. The van der Waals surface area contributed by atoms with Gasteiger partial charge in [-0.05, 0) is 18.2 Å². The number of carboxylic acids is 1. The van der Waals surface area contributed by atoms with Gasteiger partial charge in [0.15, 0.2) is 0 Å². The summed E-state index contributed by atoms with van der Waals surface area (Å²) in [5, 5.41) is 11.2. The Morgan fingerprint density at radius 2 is 2.09 bits per heavy atom. The summed E-state index contributed by atoms with van der Waals surface area (Å²) in [5.74, 6) is -1.45. The van der Waals surface area contributed by atoms with E-state index < -0.39 is 23.3 Å². The first-order chi connectivity index (χ1) is 10.6. The Kier molecular flexibility index (Phi) is 4.13. The average molecular weight is 337 g/mol. The molecule has 1 aromatic heterocycles. The van der Waals surface area contributed by atoms with E-state index in [1.165, 1.54) is 29.2 Å². The van der Waals surface area contributed by atoms with Crippen LogP contribution >= 0.6 is 23.4 Å². The van der Waals surface area contributed by atoms with Crippen molar-refractivity contribution in [1.82, 2.24) is 4.90 Å². The minimum Gasteiger partial charge on any atom is -0.548 e. The van der Waals surface area contributed by atoms with Crippen LogP contribution in [-0.2, 0) is 4.79 Å². The molecule has 1 amide bonds. The van der Waals surface area contributed by atoms with Gasteiger partial charge in [-0.2, -0.15) is 0 Å². The first-order valence-electron chi connectivity index (χ1n) is 6.51. The predicted molar refractivity (Wildman–Crippen MR) is 80.3 cm³/mol. The van der Waals surface area contributed by atoms with E-state index in [9.17, 15) is 14.7 Å². The van der Waals surface area contributed by atoms with Gasteiger partial charge in [0.25, 0.3) is 5.91 Å². The molecule has 2 atom stereocenters. The minimum absolute atomic E-state index is 0.258. The first-order valence-corrected chi connectivity index (χ1v) is 7.94. The summed E-state index contributed by atoms with van der Waals surface area (Å²) in [4.78, 5) is 25.5. The van der Waals surface area contributed by atoms with Gasteiger partial charge >= 0.3 is 0 Å². The van der Waals surface area contributed by atoms with Crippen molar-refractivity contribution in [2.24, 2.45) is 0 Å². The Balaban J connectivity index is 2.00. The second-order valence-electron chi connectivity index (χ2n) is 4.77. The Hall–Kier alpha value is -1.92. The average Bonchev–Trinajstić information content (AvgIpc) is 3.15. The molecule has 0 radical (unpaired) electrons. The van der Waals surface area contributed by atoms with Crippen LogP contribution in [0.1, 0.15) is 21.3 Å². The van der Waals surface area contributed by atoms with Gasteiger partial charge in [-0.1, -0.05) is 23.7 Å². The van der Waals surface area contributed by atoms with Gasteiger partial charge < -0.3 is 19.2 Å². The Morgan fingerprint density at radius 1 is 1.32 bits per heavy atom. The normalized spacial score (nSPS) is 21.0. The summed E-state index contributed by atoms with van der Waals surface area (Å²) < 4.78 is 5.04. The van der Waals surface area contributed by atoms with Crippen molar-refractivity contribution in [2.45, 2.75) is 11.4 Å². The van der Waals surface area contributed by atoms with E-state index in [0.29, 0.717) is 0 Å². The number of hydrogen-bond donors (Lipinski definition) is 0. The van der Waals surface area contributed by atoms with Gasteiger partial charge in [-0.25, -0.2) is 0 Å². The second-order valence-corrected chi connectivity index (χ2v) is 6.29. The summed E-state index contributed by atoms with van der Waals surface area (Å²) >= 11 is 7.42. The van der Waals surface area contributed by atoms with Gasteiger partial charge in [0.1, 0.15) is 5.37 Å². The fourth-order valence-electron chi connectivity index (χ4n) is 2.38. The lowest BCUT2D eigenvalue weighted by molar-refractivity contribution is -0.310. The fraction of sp³-hybridized carbons (Fsp3) is 0.200. The third-order valence-electron chi connectivity index (χ3n) is 3.44. The van der Waals surface area contributed by atoms with Crippen molar-refractivity contribution in [3.05, 3.63) is 59.0 Å². The molecule has 2 aromatic rings. The number of nitrogens with zero attached hydrogens (tertiary/aromatic N) is 1. The van der Waals surface area contributed by atoms with Crippen molar-refractivity contribution in [1.29, 1.82) is 0 Å². The highest BCUT2D eigenvalue weighted by molar-refractivity contribution is 7.99. The first kappa shape index (κ1) is 15.0. The van der Waals surface area contributed by atoms with Crippen LogP contribution in [-0.4, -0.2) is 28.6 Å². The van der Waals surface area contributed by atoms with Gasteiger partial charge in [0.2, 0.25) is 0 Å². The van der Waals surface area contributed by atoms with Crippen molar-refractivity contribution in [3.63, 3.8) is 0 Å². The summed E-state index contributed by atoms with van der Waals surface area (Å²) in [6, 6.07) is 7.27. The number of carbonyl (C=O) groups excluding carboxylic acids is 2. The molecule has 2 heterocycles. The van der Waals surface area contributed by atoms with Gasteiger partial charge in [0, 0.05) is 11.3 Å². The quantitative estimate of drug-likeness (QED) is 0.856. The van der Waals surface area contributed by atoms with Crippen molar-refractivity contribution < 1.29 is 19.1 Å². The van der Waals surface area contributed by atoms with Crippen molar-refractivity contribution in [2.75, 3.05) is 5.75 Å². The van der Waals surface area contributed by atoms with Crippen LogP contribution in [0.5, 0.6) is 0 Å². The molecule has 1 aliphatic heterocycles. The lowest BCUT2D eigenvalue weighted by Gasteiger charge is -2.29. The zero-order valence-electron chi connectivity index (χ0n) is 11.3. The molecule has 1 aliphatic rings. The van der Waals surface area contributed by atoms with E-state index in [-0.39, 0.29) is 16.3 Å². The minimum atomic E-state index is -1.28. The van der Waals surface area contributed by atoms with Crippen LogP contribution in [0.15, 0.2) is 47.3 Å². The lowest BCUT2D eigenvalue weighted by atomic mass is 10.1. The second kappa shape index (κ2) is 6.06. The van der Waals surface area contributed by atoms with E-state index >= 15 is 0 Å². The summed E-state index contributed by atoms with van der Waals surface area (Å²) in [6.07, 6.45) is 2.99. The SMILES string of the molecule is O=C([O-])[C@@H]1CS[C@H](c2ccoc2)N1C(=O)c1ccccc1Cl. The number of thioether (sulfide) groups is 1. The summed E-state index contributed by atoms with van der Waals surface area (Å²) in [6.45, 7) is 0. The molecule has 3 rings (SSSR count). The number of furan rings is 1. The Labute approximate surface area is 135 Å². The Morgan fingerprint density at radius 3 is 2.73 bits per heavy atom. The molecular weight excluding hydrogens is 326 g/mol. The van der Waals surface area contributed by atoms with E-state index in [1.54, 1.807) is 30.3 Å². The molecule has 0 bridgehead atoms. The highest BCUT2D eigenvalue weighted by Gasteiger charge is 2.40. The molecule has 22 heavy (non-hydrogen) atoms. The van der Waals surface area contributed by atoms with Crippen LogP contribution in [0.4, 0.5) is 0 Å². The molecule has 7 heteroatoms. The van der Waals surface area contributed by atoms with E-state index in [1.807, 2.05) is 0 Å². The van der Waals surface area contributed by atoms with E-state index in [4.69, 9.17) is 16.0 Å².